The van der Waals surface area contributed by atoms with Crippen molar-refractivity contribution in [1.82, 2.24) is 9.88 Å². The molecule has 0 aliphatic rings. The third-order valence-corrected chi connectivity index (χ3v) is 4.02. The third kappa shape index (κ3) is 3.75. The van der Waals surface area contributed by atoms with Crippen molar-refractivity contribution in [3.63, 3.8) is 0 Å². The highest BCUT2D eigenvalue weighted by atomic mass is 16.5. The number of hydrogen-bond donors (Lipinski definition) is 1. The number of H-pyrrole nitrogens is 1. The number of aryl methyl sites for hydroxylation is 1. The molecule has 1 atom stereocenters. The van der Waals surface area contributed by atoms with Gasteiger partial charge in [0.2, 0.25) is 5.91 Å². The maximum absolute atomic E-state index is 13.0. The van der Waals surface area contributed by atoms with Gasteiger partial charge >= 0.3 is 5.97 Å². The van der Waals surface area contributed by atoms with Crippen molar-refractivity contribution in [2.24, 2.45) is 5.92 Å². The van der Waals surface area contributed by atoms with E-state index in [2.05, 4.69) is 11.6 Å². The number of carbonyl (C=O) groups is 3. The molecule has 1 N–H and O–H groups in total. The van der Waals surface area contributed by atoms with Gasteiger partial charge in [0.25, 0.3) is 0 Å². The predicted molar refractivity (Wildman–Crippen MR) is 92.1 cm³/mol. The molecular formula is C18H26N2O4. The minimum absolute atomic E-state index is 0.116. The van der Waals surface area contributed by atoms with Crippen molar-refractivity contribution < 1.29 is 19.1 Å². The van der Waals surface area contributed by atoms with E-state index in [1.165, 1.54) is 12.0 Å². The molecule has 1 rings (SSSR count). The number of amides is 1. The van der Waals surface area contributed by atoms with E-state index in [0.717, 1.165) is 0 Å². The smallest absolute Gasteiger partial charge is 0.354 e. The molecular weight excluding hydrogens is 308 g/mol. The lowest BCUT2D eigenvalue weighted by molar-refractivity contribution is -0.135. The van der Waals surface area contributed by atoms with Gasteiger partial charge in [0.1, 0.15) is 5.69 Å². The molecule has 6 heteroatoms. The number of hydrogen-bond acceptors (Lipinski definition) is 4. The molecule has 0 saturated heterocycles. The van der Waals surface area contributed by atoms with Crippen LogP contribution in [0.5, 0.6) is 0 Å². The molecule has 1 amide bonds. The van der Waals surface area contributed by atoms with Gasteiger partial charge in [0.05, 0.1) is 13.2 Å². The van der Waals surface area contributed by atoms with Gasteiger partial charge in [0, 0.05) is 23.7 Å². The number of nitrogens with zero attached hydrogens (tertiary/aromatic N) is 1. The van der Waals surface area contributed by atoms with Crippen LogP contribution < -0.4 is 0 Å². The van der Waals surface area contributed by atoms with Crippen molar-refractivity contribution in [1.29, 1.82) is 0 Å². The first-order valence-electron chi connectivity index (χ1n) is 7.90. The zero-order valence-electron chi connectivity index (χ0n) is 15.2. The number of ketones is 1. The molecule has 0 saturated carbocycles. The second kappa shape index (κ2) is 7.95. The van der Waals surface area contributed by atoms with Crippen LogP contribution in [-0.4, -0.2) is 47.2 Å². The lowest BCUT2D eigenvalue weighted by Gasteiger charge is -2.29. The number of esters is 1. The first-order valence-corrected chi connectivity index (χ1v) is 7.90. The van der Waals surface area contributed by atoms with E-state index in [0.29, 0.717) is 16.8 Å². The summed E-state index contributed by atoms with van der Waals surface area (Å²) in [7, 11) is 1.29. The summed E-state index contributed by atoms with van der Waals surface area (Å²) < 4.78 is 4.72. The van der Waals surface area contributed by atoms with Gasteiger partial charge < -0.3 is 14.6 Å². The molecule has 6 nitrogen and oxygen atoms in total. The Bertz CT molecular complexity index is 658. The van der Waals surface area contributed by atoms with Crippen molar-refractivity contribution in [2.45, 2.75) is 40.7 Å². The van der Waals surface area contributed by atoms with Crippen molar-refractivity contribution in [2.75, 3.05) is 13.7 Å². The van der Waals surface area contributed by atoms with E-state index < -0.39 is 12.0 Å². The van der Waals surface area contributed by atoms with Crippen LogP contribution in [0.15, 0.2) is 12.7 Å². The average Bonchev–Trinajstić information content (AvgIpc) is 2.84. The fourth-order valence-corrected chi connectivity index (χ4v) is 2.69. The summed E-state index contributed by atoms with van der Waals surface area (Å²) in [4.78, 5) is 41.5. The van der Waals surface area contributed by atoms with Crippen molar-refractivity contribution >= 4 is 17.7 Å². The summed E-state index contributed by atoms with van der Waals surface area (Å²) >= 11 is 0. The molecule has 1 unspecified atom stereocenters. The van der Waals surface area contributed by atoms with Crippen LogP contribution in [0.3, 0.4) is 0 Å². The van der Waals surface area contributed by atoms with Crippen molar-refractivity contribution in [3.8, 4) is 0 Å². The fourth-order valence-electron chi connectivity index (χ4n) is 2.69. The molecule has 0 spiro atoms. The number of aromatic nitrogens is 1. The van der Waals surface area contributed by atoms with Gasteiger partial charge in [-0.25, -0.2) is 4.79 Å². The van der Waals surface area contributed by atoms with Gasteiger partial charge in [-0.3, -0.25) is 9.59 Å². The predicted octanol–water partition coefficient (Wildman–Crippen LogP) is 2.66. The fraction of sp³-hybridized carbons (Fsp3) is 0.500. The van der Waals surface area contributed by atoms with E-state index in [9.17, 15) is 14.4 Å². The Morgan fingerprint density at radius 3 is 2.29 bits per heavy atom. The van der Waals surface area contributed by atoms with Gasteiger partial charge in [0.15, 0.2) is 5.78 Å². The average molecular weight is 334 g/mol. The van der Waals surface area contributed by atoms with E-state index in [1.54, 1.807) is 40.7 Å². The molecule has 1 heterocycles. The first kappa shape index (κ1) is 19.7. The highest BCUT2D eigenvalue weighted by Crippen LogP contribution is 2.22. The second-order valence-electron chi connectivity index (χ2n) is 6.09. The number of ether oxygens (including phenoxy) is 1. The molecule has 0 aliphatic carbocycles. The lowest BCUT2D eigenvalue weighted by atomic mass is 9.99. The van der Waals surface area contributed by atoms with E-state index in [-0.39, 0.29) is 29.8 Å². The molecule has 0 bridgehead atoms. The third-order valence-electron chi connectivity index (χ3n) is 4.02. The zero-order valence-corrected chi connectivity index (χ0v) is 15.2. The largest absolute Gasteiger partial charge is 0.464 e. The molecule has 132 valence electrons. The number of carbonyl (C=O) groups excluding carboxylic acids is 3. The van der Waals surface area contributed by atoms with Crippen LogP contribution in [0.25, 0.3) is 0 Å². The van der Waals surface area contributed by atoms with E-state index in [1.807, 2.05) is 0 Å². The van der Waals surface area contributed by atoms with Crippen LogP contribution in [0, 0.1) is 19.8 Å². The van der Waals surface area contributed by atoms with Gasteiger partial charge in [-0.1, -0.05) is 19.9 Å². The SMILES string of the molecule is C=CCN(C(=O)C(C)C)C(C)C(=O)c1c(C)[nH]c(C(=O)OC)c1C. The maximum Gasteiger partial charge on any atom is 0.354 e. The number of rotatable bonds is 7. The molecule has 24 heavy (non-hydrogen) atoms. The number of nitrogens with one attached hydrogen (secondary N) is 1. The van der Waals surface area contributed by atoms with Crippen LogP contribution >= 0.6 is 0 Å². The quantitative estimate of drug-likeness (QED) is 0.472. The summed E-state index contributed by atoms with van der Waals surface area (Å²) in [6.45, 7) is 12.6. The Morgan fingerprint density at radius 1 is 1.25 bits per heavy atom. The Kier molecular flexibility index (Phi) is 6.51. The highest BCUT2D eigenvalue weighted by molar-refractivity contribution is 6.06. The van der Waals surface area contributed by atoms with Crippen LogP contribution in [0.2, 0.25) is 0 Å². The summed E-state index contributed by atoms with van der Waals surface area (Å²) in [5.74, 6) is -1.08. The number of aromatic amines is 1. The summed E-state index contributed by atoms with van der Waals surface area (Å²) in [6.07, 6.45) is 1.60. The Labute approximate surface area is 142 Å². The molecule has 0 fully saturated rings. The Morgan fingerprint density at radius 2 is 1.83 bits per heavy atom. The normalized spacial score (nSPS) is 12.0. The Hall–Kier alpha value is -2.37. The molecule has 0 aliphatic heterocycles. The first-order chi connectivity index (χ1) is 11.2. The maximum atomic E-state index is 13.0. The van der Waals surface area contributed by atoms with Crippen LogP contribution in [-0.2, 0) is 9.53 Å². The minimum atomic E-state index is -0.656. The molecule has 0 aromatic carbocycles. The van der Waals surface area contributed by atoms with Crippen LogP contribution in [0.4, 0.5) is 0 Å². The topological polar surface area (TPSA) is 79.5 Å². The zero-order chi connectivity index (χ0) is 18.6. The molecule has 0 radical (unpaired) electrons. The van der Waals surface area contributed by atoms with E-state index >= 15 is 0 Å². The lowest BCUT2D eigenvalue weighted by Crippen LogP contribution is -2.45. The van der Waals surface area contributed by atoms with Crippen molar-refractivity contribution in [3.05, 3.63) is 35.2 Å². The molecule has 1 aromatic rings. The summed E-state index contributed by atoms with van der Waals surface area (Å²) in [5, 5.41) is 0. The monoisotopic (exact) mass is 334 g/mol. The van der Waals surface area contributed by atoms with Gasteiger partial charge in [-0.2, -0.15) is 0 Å². The highest BCUT2D eigenvalue weighted by Gasteiger charge is 2.31. The van der Waals surface area contributed by atoms with Gasteiger partial charge in [-0.15, -0.1) is 6.58 Å². The van der Waals surface area contributed by atoms with E-state index in [4.69, 9.17) is 4.74 Å². The van der Waals surface area contributed by atoms with Gasteiger partial charge in [-0.05, 0) is 26.3 Å². The number of methoxy groups -OCH3 is 1. The molecule has 1 aromatic heterocycles. The van der Waals surface area contributed by atoms with Crippen LogP contribution in [0.1, 0.15) is 52.9 Å². The summed E-state index contributed by atoms with van der Waals surface area (Å²) in [6, 6.07) is -0.656. The second-order valence-corrected chi connectivity index (χ2v) is 6.09. The standard InChI is InChI=1S/C18H26N2O4/c1-8-9-20(17(22)10(2)3)13(6)16(21)14-11(4)15(18(23)24-7)19-12(14)5/h8,10,13,19H,1,9H2,2-7H3. The number of Topliss-reactive ketones (excluding diaryl/α,β-unsaturated/α-hetero) is 1. The Balaban J connectivity index is 3.25. The summed E-state index contributed by atoms with van der Waals surface area (Å²) in [5.41, 5.74) is 1.80. The minimum Gasteiger partial charge on any atom is -0.464 e.